The highest BCUT2D eigenvalue weighted by atomic mass is 127. The molecule has 0 bridgehead atoms. The molecule has 0 saturated carbocycles. The standard InChI is InChI=1S/C14H12BrIN2O/c1-9-2-3-10(7-17-9)8-18-14(19)12-6-11(15)4-5-13(12)16/h2-7H,8H2,1H3,(H,18,19). The molecule has 0 saturated heterocycles. The molecule has 19 heavy (non-hydrogen) atoms. The lowest BCUT2D eigenvalue weighted by atomic mass is 10.2. The van der Waals surface area contributed by atoms with Crippen molar-refractivity contribution >= 4 is 44.4 Å². The van der Waals surface area contributed by atoms with Gasteiger partial charge in [-0.2, -0.15) is 0 Å². The smallest absolute Gasteiger partial charge is 0.252 e. The number of benzene rings is 1. The van der Waals surface area contributed by atoms with E-state index in [1.807, 2.05) is 37.3 Å². The first kappa shape index (κ1) is 14.5. The van der Waals surface area contributed by atoms with Gasteiger partial charge in [0.05, 0.1) is 5.56 Å². The molecular formula is C14H12BrIN2O. The molecule has 1 amide bonds. The molecule has 1 N–H and O–H groups in total. The molecule has 1 heterocycles. The van der Waals surface area contributed by atoms with Gasteiger partial charge in [-0.05, 0) is 59.3 Å². The molecule has 1 aromatic heterocycles. The highest BCUT2D eigenvalue weighted by Gasteiger charge is 2.10. The van der Waals surface area contributed by atoms with E-state index < -0.39 is 0 Å². The van der Waals surface area contributed by atoms with Gasteiger partial charge in [-0.1, -0.05) is 22.0 Å². The van der Waals surface area contributed by atoms with Crippen LogP contribution >= 0.6 is 38.5 Å². The maximum absolute atomic E-state index is 12.1. The van der Waals surface area contributed by atoms with E-state index in [0.717, 1.165) is 19.3 Å². The summed E-state index contributed by atoms with van der Waals surface area (Å²) in [6.07, 6.45) is 1.78. The number of nitrogens with one attached hydrogen (secondary N) is 1. The number of hydrogen-bond acceptors (Lipinski definition) is 2. The van der Waals surface area contributed by atoms with Crippen molar-refractivity contribution in [1.29, 1.82) is 0 Å². The lowest BCUT2D eigenvalue weighted by molar-refractivity contribution is 0.0950. The second-order valence-corrected chi connectivity index (χ2v) is 6.19. The lowest BCUT2D eigenvalue weighted by Crippen LogP contribution is -2.23. The van der Waals surface area contributed by atoms with Crippen molar-refractivity contribution < 1.29 is 4.79 Å². The van der Waals surface area contributed by atoms with Crippen molar-refractivity contribution in [3.63, 3.8) is 0 Å². The molecule has 0 fully saturated rings. The summed E-state index contributed by atoms with van der Waals surface area (Å²) in [4.78, 5) is 16.3. The van der Waals surface area contributed by atoms with Crippen molar-refractivity contribution in [1.82, 2.24) is 10.3 Å². The maximum Gasteiger partial charge on any atom is 0.252 e. The average Bonchev–Trinajstić information content (AvgIpc) is 2.40. The van der Waals surface area contributed by atoms with Gasteiger partial charge in [0.1, 0.15) is 0 Å². The summed E-state index contributed by atoms with van der Waals surface area (Å²) < 4.78 is 1.83. The van der Waals surface area contributed by atoms with E-state index in [0.29, 0.717) is 12.1 Å². The molecule has 0 atom stereocenters. The third-order valence-corrected chi connectivity index (χ3v) is 4.03. The molecule has 3 nitrogen and oxygen atoms in total. The third-order valence-electron chi connectivity index (χ3n) is 2.60. The Labute approximate surface area is 134 Å². The van der Waals surface area contributed by atoms with Gasteiger partial charge in [-0.15, -0.1) is 0 Å². The number of rotatable bonds is 3. The van der Waals surface area contributed by atoms with E-state index in [1.54, 1.807) is 6.20 Å². The summed E-state index contributed by atoms with van der Waals surface area (Å²) in [7, 11) is 0. The fraction of sp³-hybridized carbons (Fsp3) is 0.143. The first-order valence-corrected chi connectivity index (χ1v) is 7.58. The molecule has 98 valence electrons. The Kier molecular flexibility index (Phi) is 4.93. The Morgan fingerprint density at radius 2 is 2.16 bits per heavy atom. The predicted molar refractivity (Wildman–Crippen MR) is 87.0 cm³/mol. The topological polar surface area (TPSA) is 42.0 Å². The Hall–Kier alpha value is -0.950. The largest absolute Gasteiger partial charge is 0.348 e. The average molecular weight is 431 g/mol. The van der Waals surface area contributed by atoms with E-state index >= 15 is 0 Å². The molecule has 0 aliphatic carbocycles. The first-order valence-electron chi connectivity index (χ1n) is 5.71. The molecule has 0 spiro atoms. The second-order valence-electron chi connectivity index (χ2n) is 4.11. The van der Waals surface area contributed by atoms with Crippen LogP contribution in [0.15, 0.2) is 41.0 Å². The summed E-state index contributed by atoms with van der Waals surface area (Å²) in [6.45, 7) is 2.42. The van der Waals surface area contributed by atoms with E-state index in [9.17, 15) is 4.79 Å². The summed E-state index contributed by atoms with van der Waals surface area (Å²) in [5.41, 5.74) is 2.63. The summed E-state index contributed by atoms with van der Waals surface area (Å²) in [5.74, 6) is -0.0775. The van der Waals surface area contributed by atoms with Gasteiger partial charge < -0.3 is 5.32 Å². The number of pyridine rings is 1. The minimum Gasteiger partial charge on any atom is -0.348 e. The zero-order valence-electron chi connectivity index (χ0n) is 10.3. The Bertz CT molecular complexity index is 599. The minimum atomic E-state index is -0.0775. The van der Waals surface area contributed by atoms with Gasteiger partial charge in [0.25, 0.3) is 5.91 Å². The van der Waals surface area contributed by atoms with Gasteiger partial charge in [0.15, 0.2) is 0 Å². The SMILES string of the molecule is Cc1ccc(CNC(=O)c2cc(Br)ccc2I)cn1. The van der Waals surface area contributed by atoms with E-state index in [-0.39, 0.29) is 5.91 Å². The third kappa shape index (κ3) is 4.01. The van der Waals surface area contributed by atoms with Gasteiger partial charge in [-0.25, -0.2) is 0 Å². The number of carbonyl (C=O) groups excluding carboxylic acids is 1. The van der Waals surface area contributed by atoms with Crippen LogP contribution in [0, 0.1) is 10.5 Å². The Balaban J connectivity index is 2.05. The van der Waals surface area contributed by atoms with Gasteiger partial charge >= 0.3 is 0 Å². The number of halogens is 2. The van der Waals surface area contributed by atoms with Crippen LogP contribution in [0.5, 0.6) is 0 Å². The number of nitrogens with zero attached hydrogens (tertiary/aromatic N) is 1. The molecular weight excluding hydrogens is 419 g/mol. The molecule has 2 rings (SSSR count). The highest BCUT2D eigenvalue weighted by molar-refractivity contribution is 14.1. The Morgan fingerprint density at radius 1 is 1.37 bits per heavy atom. The highest BCUT2D eigenvalue weighted by Crippen LogP contribution is 2.18. The van der Waals surface area contributed by atoms with Crippen molar-refractivity contribution in [2.24, 2.45) is 0 Å². The fourth-order valence-electron chi connectivity index (χ4n) is 1.55. The van der Waals surface area contributed by atoms with Crippen LogP contribution in [0.3, 0.4) is 0 Å². The van der Waals surface area contributed by atoms with Gasteiger partial charge in [-0.3, -0.25) is 9.78 Å². The molecule has 2 aromatic rings. The maximum atomic E-state index is 12.1. The van der Waals surface area contributed by atoms with Crippen molar-refractivity contribution in [3.05, 3.63) is 61.4 Å². The van der Waals surface area contributed by atoms with Gasteiger partial charge in [0, 0.05) is 26.5 Å². The number of hydrogen-bond donors (Lipinski definition) is 1. The predicted octanol–water partition coefficient (Wildman–Crippen LogP) is 3.69. The van der Waals surface area contributed by atoms with Crippen molar-refractivity contribution in [2.75, 3.05) is 0 Å². The molecule has 0 aliphatic heterocycles. The van der Waals surface area contributed by atoms with Crippen molar-refractivity contribution in [3.8, 4) is 0 Å². The van der Waals surface area contributed by atoms with E-state index in [1.165, 1.54) is 0 Å². The summed E-state index contributed by atoms with van der Waals surface area (Å²) in [5, 5.41) is 2.90. The van der Waals surface area contributed by atoms with Gasteiger partial charge in [0.2, 0.25) is 0 Å². The van der Waals surface area contributed by atoms with Crippen LogP contribution in [0.25, 0.3) is 0 Å². The number of carbonyl (C=O) groups is 1. The first-order chi connectivity index (χ1) is 9.06. The monoisotopic (exact) mass is 430 g/mol. The quantitative estimate of drug-likeness (QED) is 0.754. The number of aryl methyl sites for hydroxylation is 1. The molecule has 0 unspecified atom stereocenters. The molecule has 0 radical (unpaired) electrons. The van der Waals surface area contributed by atoms with E-state index in [4.69, 9.17) is 0 Å². The van der Waals surface area contributed by atoms with Crippen LogP contribution in [0.2, 0.25) is 0 Å². The molecule has 1 aromatic carbocycles. The van der Waals surface area contributed by atoms with Crippen LogP contribution in [0.4, 0.5) is 0 Å². The second kappa shape index (κ2) is 6.47. The molecule has 0 aliphatic rings. The number of aromatic nitrogens is 1. The lowest BCUT2D eigenvalue weighted by Gasteiger charge is -2.07. The van der Waals surface area contributed by atoms with Crippen molar-refractivity contribution in [2.45, 2.75) is 13.5 Å². The fourth-order valence-corrected chi connectivity index (χ4v) is 2.49. The molecule has 5 heteroatoms. The zero-order valence-corrected chi connectivity index (χ0v) is 14.0. The van der Waals surface area contributed by atoms with Crippen LogP contribution in [0.1, 0.15) is 21.6 Å². The zero-order chi connectivity index (χ0) is 13.8. The van der Waals surface area contributed by atoms with Crippen LogP contribution < -0.4 is 5.32 Å². The minimum absolute atomic E-state index is 0.0775. The number of amides is 1. The van der Waals surface area contributed by atoms with E-state index in [2.05, 4.69) is 48.8 Å². The normalized spacial score (nSPS) is 10.3. The Morgan fingerprint density at radius 3 is 2.84 bits per heavy atom. The summed E-state index contributed by atoms with van der Waals surface area (Å²) >= 11 is 5.53. The van der Waals surface area contributed by atoms with Crippen LogP contribution in [-0.2, 0) is 6.54 Å². The summed E-state index contributed by atoms with van der Waals surface area (Å²) in [6, 6.07) is 9.55. The van der Waals surface area contributed by atoms with Crippen LogP contribution in [-0.4, -0.2) is 10.9 Å².